The van der Waals surface area contributed by atoms with Gasteiger partial charge in [-0.3, -0.25) is 4.79 Å². The SMILES string of the molecule is CCn1c(C)nc2cc(C(=O)N/N=C(\C)c3ccc4ccccc4c3)ccc21. The summed E-state index contributed by atoms with van der Waals surface area (Å²) < 4.78 is 2.12. The van der Waals surface area contributed by atoms with Crippen molar-refractivity contribution >= 4 is 33.4 Å². The number of fused-ring (bicyclic) bond motifs is 2. The van der Waals surface area contributed by atoms with E-state index in [1.165, 1.54) is 5.39 Å². The maximum absolute atomic E-state index is 12.5. The topological polar surface area (TPSA) is 59.3 Å². The Morgan fingerprint density at radius 3 is 2.57 bits per heavy atom. The highest BCUT2D eigenvalue weighted by atomic mass is 16.2. The van der Waals surface area contributed by atoms with Crippen molar-refractivity contribution in [1.29, 1.82) is 0 Å². The lowest BCUT2D eigenvalue weighted by Crippen LogP contribution is -2.19. The zero-order chi connectivity index (χ0) is 19.7. The highest BCUT2D eigenvalue weighted by molar-refractivity contribution is 6.03. The Hall–Kier alpha value is -3.47. The Labute approximate surface area is 163 Å². The summed E-state index contributed by atoms with van der Waals surface area (Å²) >= 11 is 0. The molecule has 140 valence electrons. The van der Waals surface area contributed by atoms with Gasteiger partial charge in [0.25, 0.3) is 5.91 Å². The predicted molar refractivity (Wildman–Crippen MR) is 114 cm³/mol. The van der Waals surface area contributed by atoms with Crippen LogP contribution in [-0.2, 0) is 6.54 Å². The average molecular weight is 370 g/mol. The minimum Gasteiger partial charge on any atom is -0.329 e. The molecule has 0 spiro atoms. The molecule has 0 aliphatic heterocycles. The van der Waals surface area contributed by atoms with Gasteiger partial charge in [0.05, 0.1) is 16.7 Å². The molecule has 1 aromatic heterocycles. The highest BCUT2D eigenvalue weighted by Crippen LogP contribution is 2.18. The molecule has 0 saturated carbocycles. The van der Waals surface area contributed by atoms with Crippen molar-refractivity contribution < 1.29 is 4.79 Å². The van der Waals surface area contributed by atoms with Crippen LogP contribution >= 0.6 is 0 Å². The lowest BCUT2D eigenvalue weighted by atomic mass is 10.0. The maximum Gasteiger partial charge on any atom is 0.271 e. The Balaban J connectivity index is 1.56. The number of rotatable bonds is 4. The van der Waals surface area contributed by atoms with Gasteiger partial charge in [-0.05, 0) is 61.4 Å². The smallest absolute Gasteiger partial charge is 0.271 e. The predicted octanol–water partition coefficient (Wildman–Crippen LogP) is 4.67. The zero-order valence-electron chi connectivity index (χ0n) is 16.2. The van der Waals surface area contributed by atoms with E-state index in [0.29, 0.717) is 5.56 Å². The standard InChI is InChI=1S/C23H22N4O/c1-4-27-16(3)24-21-14-20(11-12-22(21)27)23(28)26-25-15(2)18-10-9-17-7-5-6-8-19(17)13-18/h5-14H,4H2,1-3H3,(H,26,28)/b25-15+. The minimum atomic E-state index is -0.245. The van der Waals surface area contributed by atoms with E-state index in [2.05, 4.69) is 51.3 Å². The van der Waals surface area contributed by atoms with Crippen LogP contribution in [0.2, 0.25) is 0 Å². The number of benzene rings is 3. The van der Waals surface area contributed by atoms with Gasteiger partial charge in [-0.1, -0.05) is 36.4 Å². The second kappa shape index (κ2) is 7.27. The number of hydrogen-bond acceptors (Lipinski definition) is 3. The van der Waals surface area contributed by atoms with Crippen LogP contribution < -0.4 is 5.43 Å². The summed E-state index contributed by atoms with van der Waals surface area (Å²) in [5, 5.41) is 6.61. The van der Waals surface area contributed by atoms with E-state index in [0.717, 1.165) is 40.1 Å². The third kappa shape index (κ3) is 3.27. The Kier molecular flexibility index (Phi) is 4.65. The second-order valence-corrected chi connectivity index (χ2v) is 6.81. The number of aromatic nitrogens is 2. The summed E-state index contributed by atoms with van der Waals surface area (Å²) in [5.41, 5.74) is 6.79. The monoisotopic (exact) mass is 370 g/mol. The summed E-state index contributed by atoms with van der Waals surface area (Å²) in [6.07, 6.45) is 0. The molecule has 5 nitrogen and oxygen atoms in total. The number of aryl methyl sites for hydroxylation is 2. The maximum atomic E-state index is 12.5. The zero-order valence-corrected chi connectivity index (χ0v) is 16.2. The van der Waals surface area contributed by atoms with E-state index in [1.807, 2.05) is 50.2 Å². The largest absolute Gasteiger partial charge is 0.329 e. The third-order valence-corrected chi connectivity index (χ3v) is 5.01. The van der Waals surface area contributed by atoms with E-state index in [9.17, 15) is 4.79 Å². The molecule has 4 rings (SSSR count). The number of hydrogen-bond donors (Lipinski definition) is 1. The van der Waals surface area contributed by atoms with E-state index >= 15 is 0 Å². The van der Waals surface area contributed by atoms with Crippen molar-refractivity contribution in [2.45, 2.75) is 27.3 Å². The molecule has 1 N–H and O–H groups in total. The van der Waals surface area contributed by atoms with Crippen LogP contribution in [0.3, 0.4) is 0 Å². The molecule has 0 unspecified atom stereocenters. The Bertz CT molecular complexity index is 1220. The summed E-state index contributed by atoms with van der Waals surface area (Å²) in [6, 6.07) is 19.9. The number of imidazole rings is 1. The number of amides is 1. The molecule has 0 aliphatic carbocycles. The van der Waals surface area contributed by atoms with Gasteiger partial charge in [0.2, 0.25) is 0 Å². The number of carbonyl (C=O) groups excluding carboxylic acids is 1. The average Bonchev–Trinajstić information content (AvgIpc) is 3.05. The third-order valence-electron chi connectivity index (χ3n) is 5.01. The van der Waals surface area contributed by atoms with E-state index < -0.39 is 0 Å². The Morgan fingerprint density at radius 1 is 1.04 bits per heavy atom. The fourth-order valence-corrected chi connectivity index (χ4v) is 3.47. The van der Waals surface area contributed by atoms with Crippen molar-refractivity contribution in [3.8, 4) is 0 Å². The quantitative estimate of drug-likeness (QED) is 0.419. The molecule has 5 heteroatoms. The minimum absolute atomic E-state index is 0.245. The van der Waals surface area contributed by atoms with Crippen molar-refractivity contribution in [2.75, 3.05) is 0 Å². The van der Waals surface area contributed by atoms with Gasteiger partial charge in [0.1, 0.15) is 5.82 Å². The molecule has 0 radical (unpaired) electrons. The summed E-state index contributed by atoms with van der Waals surface area (Å²) in [6.45, 7) is 6.79. The lowest BCUT2D eigenvalue weighted by molar-refractivity contribution is 0.0955. The molecule has 3 aromatic carbocycles. The van der Waals surface area contributed by atoms with E-state index in [1.54, 1.807) is 0 Å². The molecule has 0 atom stereocenters. The van der Waals surface area contributed by atoms with Crippen LogP contribution in [0.15, 0.2) is 65.8 Å². The van der Waals surface area contributed by atoms with Gasteiger partial charge in [0, 0.05) is 12.1 Å². The van der Waals surface area contributed by atoms with Crippen LogP contribution in [-0.4, -0.2) is 21.2 Å². The van der Waals surface area contributed by atoms with Gasteiger partial charge >= 0.3 is 0 Å². The lowest BCUT2D eigenvalue weighted by Gasteiger charge is -2.05. The van der Waals surface area contributed by atoms with E-state index in [-0.39, 0.29) is 5.91 Å². The normalized spacial score (nSPS) is 11.9. The fraction of sp³-hybridized carbons (Fsp3) is 0.174. The summed E-state index contributed by atoms with van der Waals surface area (Å²) in [5.74, 6) is 0.700. The van der Waals surface area contributed by atoms with Gasteiger partial charge in [-0.25, -0.2) is 10.4 Å². The molecule has 28 heavy (non-hydrogen) atoms. The highest BCUT2D eigenvalue weighted by Gasteiger charge is 2.11. The number of carbonyl (C=O) groups is 1. The number of nitrogens with zero attached hydrogens (tertiary/aromatic N) is 3. The van der Waals surface area contributed by atoms with Crippen LogP contribution in [0.25, 0.3) is 21.8 Å². The first-order valence-corrected chi connectivity index (χ1v) is 9.37. The van der Waals surface area contributed by atoms with Crippen LogP contribution in [0.5, 0.6) is 0 Å². The summed E-state index contributed by atoms with van der Waals surface area (Å²) in [4.78, 5) is 17.1. The molecular weight excluding hydrogens is 348 g/mol. The number of hydrazone groups is 1. The van der Waals surface area contributed by atoms with Crippen molar-refractivity contribution in [1.82, 2.24) is 15.0 Å². The second-order valence-electron chi connectivity index (χ2n) is 6.81. The molecule has 0 saturated heterocycles. The van der Waals surface area contributed by atoms with Crippen LogP contribution in [0, 0.1) is 6.92 Å². The van der Waals surface area contributed by atoms with Crippen LogP contribution in [0.1, 0.15) is 35.6 Å². The molecule has 4 aromatic rings. The van der Waals surface area contributed by atoms with Gasteiger partial charge < -0.3 is 4.57 Å². The Morgan fingerprint density at radius 2 is 1.79 bits per heavy atom. The van der Waals surface area contributed by atoms with Crippen LogP contribution in [0.4, 0.5) is 0 Å². The van der Waals surface area contributed by atoms with Gasteiger partial charge in [0.15, 0.2) is 0 Å². The first-order valence-electron chi connectivity index (χ1n) is 9.37. The van der Waals surface area contributed by atoms with E-state index in [4.69, 9.17) is 0 Å². The van der Waals surface area contributed by atoms with Crippen molar-refractivity contribution in [3.05, 3.63) is 77.6 Å². The molecule has 0 bridgehead atoms. The fourth-order valence-electron chi connectivity index (χ4n) is 3.47. The molecule has 0 fully saturated rings. The number of nitrogens with one attached hydrogen (secondary N) is 1. The molecule has 1 amide bonds. The van der Waals surface area contributed by atoms with Gasteiger partial charge in [-0.15, -0.1) is 0 Å². The van der Waals surface area contributed by atoms with Gasteiger partial charge in [-0.2, -0.15) is 5.10 Å². The van der Waals surface area contributed by atoms with Crippen molar-refractivity contribution in [2.24, 2.45) is 5.10 Å². The first-order chi connectivity index (χ1) is 13.6. The summed E-state index contributed by atoms with van der Waals surface area (Å²) in [7, 11) is 0. The molecule has 0 aliphatic rings. The molecule has 1 heterocycles. The van der Waals surface area contributed by atoms with Crippen molar-refractivity contribution in [3.63, 3.8) is 0 Å². The molecular formula is C23H22N4O. The first kappa shape index (κ1) is 17.9.